The van der Waals surface area contributed by atoms with Crippen LogP contribution in [-0.4, -0.2) is 19.3 Å². The lowest BCUT2D eigenvalue weighted by Crippen LogP contribution is -2.07. The van der Waals surface area contributed by atoms with Crippen LogP contribution in [0.2, 0.25) is 0 Å². The monoisotopic (exact) mass is 287 g/mol. The van der Waals surface area contributed by atoms with Crippen molar-refractivity contribution < 1.29 is 14.6 Å². The van der Waals surface area contributed by atoms with E-state index in [-0.39, 0.29) is 11.8 Å². The predicted octanol–water partition coefficient (Wildman–Crippen LogP) is 3.72. The summed E-state index contributed by atoms with van der Waals surface area (Å²) < 4.78 is 10.5. The molecule has 0 heterocycles. The van der Waals surface area contributed by atoms with Crippen LogP contribution in [0, 0.1) is 0 Å². The summed E-state index contributed by atoms with van der Waals surface area (Å²) in [7, 11) is 3.32. The average molecular weight is 287 g/mol. The van der Waals surface area contributed by atoms with Crippen LogP contribution in [0.15, 0.2) is 42.5 Å². The molecule has 4 heteroatoms. The first kappa shape index (κ1) is 15.2. The van der Waals surface area contributed by atoms with Gasteiger partial charge in [-0.25, -0.2) is 0 Å². The smallest absolute Gasteiger partial charge is 0.124 e. The Bertz CT molecular complexity index is 598. The van der Waals surface area contributed by atoms with Crippen molar-refractivity contribution in [1.82, 2.24) is 0 Å². The minimum absolute atomic E-state index is 0.105. The molecule has 1 atom stereocenters. The highest BCUT2D eigenvalue weighted by Gasteiger charge is 2.10. The Kier molecular flexibility index (Phi) is 5.06. The quantitative estimate of drug-likeness (QED) is 0.850. The van der Waals surface area contributed by atoms with E-state index in [1.807, 2.05) is 24.3 Å². The summed E-state index contributed by atoms with van der Waals surface area (Å²) >= 11 is 0. The lowest BCUT2D eigenvalue weighted by atomic mass is 10.0. The molecule has 2 aromatic rings. The molecule has 21 heavy (non-hydrogen) atoms. The Morgan fingerprint density at radius 2 is 1.95 bits per heavy atom. The molecule has 2 N–H and O–H groups in total. The second-order valence-electron chi connectivity index (χ2n) is 4.92. The van der Waals surface area contributed by atoms with E-state index in [9.17, 15) is 5.11 Å². The minimum Gasteiger partial charge on any atom is -0.508 e. The summed E-state index contributed by atoms with van der Waals surface area (Å²) in [4.78, 5) is 0. The van der Waals surface area contributed by atoms with Crippen LogP contribution >= 0.6 is 0 Å². The van der Waals surface area contributed by atoms with E-state index in [1.165, 1.54) is 0 Å². The SMILES string of the molecule is COCc1cc(C(C)Nc2cccc(O)c2)ccc1OC. The van der Waals surface area contributed by atoms with Gasteiger partial charge in [-0.2, -0.15) is 0 Å². The molecule has 0 aromatic heterocycles. The van der Waals surface area contributed by atoms with Gasteiger partial charge >= 0.3 is 0 Å². The Balaban J connectivity index is 2.18. The van der Waals surface area contributed by atoms with Gasteiger partial charge < -0.3 is 19.9 Å². The molecule has 4 nitrogen and oxygen atoms in total. The fourth-order valence-electron chi connectivity index (χ4n) is 2.27. The second kappa shape index (κ2) is 6.99. The highest BCUT2D eigenvalue weighted by molar-refractivity contribution is 5.50. The maximum absolute atomic E-state index is 9.51. The summed E-state index contributed by atoms with van der Waals surface area (Å²) in [5.74, 6) is 1.08. The number of phenolic OH excluding ortho intramolecular Hbond substituents is 1. The molecule has 0 spiro atoms. The lowest BCUT2D eigenvalue weighted by molar-refractivity contribution is 0.181. The van der Waals surface area contributed by atoms with Gasteiger partial charge in [-0.3, -0.25) is 0 Å². The van der Waals surface area contributed by atoms with Crippen LogP contribution in [0.5, 0.6) is 11.5 Å². The topological polar surface area (TPSA) is 50.7 Å². The van der Waals surface area contributed by atoms with Crippen molar-refractivity contribution in [2.75, 3.05) is 19.5 Å². The Hall–Kier alpha value is -2.20. The largest absolute Gasteiger partial charge is 0.508 e. The number of nitrogens with one attached hydrogen (secondary N) is 1. The summed E-state index contributed by atoms with van der Waals surface area (Å²) in [5, 5.41) is 12.9. The van der Waals surface area contributed by atoms with Crippen molar-refractivity contribution in [3.63, 3.8) is 0 Å². The highest BCUT2D eigenvalue weighted by atomic mass is 16.5. The first-order valence-corrected chi connectivity index (χ1v) is 6.85. The fraction of sp³-hybridized carbons (Fsp3) is 0.294. The molecule has 0 aliphatic heterocycles. The maximum Gasteiger partial charge on any atom is 0.124 e. The second-order valence-corrected chi connectivity index (χ2v) is 4.92. The number of benzene rings is 2. The van der Waals surface area contributed by atoms with E-state index >= 15 is 0 Å². The maximum atomic E-state index is 9.51. The zero-order chi connectivity index (χ0) is 15.2. The number of anilines is 1. The molecule has 0 aliphatic rings. The third kappa shape index (κ3) is 3.89. The van der Waals surface area contributed by atoms with Gasteiger partial charge in [0.1, 0.15) is 11.5 Å². The van der Waals surface area contributed by atoms with Gasteiger partial charge in [0.25, 0.3) is 0 Å². The molecule has 0 amide bonds. The molecular formula is C17H21NO3. The van der Waals surface area contributed by atoms with Crippen molar-refractivity contribution in [2.24, 2.45) is 0 Å². The Morgan fingerprint density at radius 1 is 1.14 bits per heavy atom. The van der Waals surface area contributed by atoms with Crippen LogP contribution in [-0.2, 0) is 11.3 Å². The van der Waals surface area contributed by atoms with Gasteiger partial charge in [0.2, 0.25) is 0 Å². The Labute approximate surface area is 125 Å². The number of hydrogen-bond acceptors (Lipinski definition) is 4. The van der Waals surface area contributed by atoms with Gasteiger partial charge in [-0.1, -0.05) is 12.1 Å². The third-order valence-electron chi connectivity index (χ3n) is 3.33. The average Bonchev–Trinajstić information content (AvgIpc) is 2.47. The molecule has 0 bridgehead atoms. The number of rotatable bonds is 6. The van der Waals surface area contributed by atoms with Gasteiger partial charge in [-0.05, 0) is 36.8 Å². The molecule has 0 saturated heterocycles. The van der Waals surface area contributed by atoms with Crippen LogP contribution in [0.3, 0.4) is 0 Å². The first-order chi connectivity index (χ1) is 10.1. The number of methoxy groups -OCH3 is 2. The lowest BCUT2D eigenvalue weighted by Gasteiger charge is -2.18. The first-order valence-electron chi connectivity index (χ1n) is 6.85. The fourth-order valence-corrected chi connectivity index (χ4v) is 2.27. The number of ether oxygens (including phenoxy) is 2. The Morgan fingerprint density at radius 3 is 2.62 bits per heavy atom. The number of hydrogen-bond donors (Lipinski definition) is 2. The zero-order valence-electron chi connectivity index (χ0n) is 12.6. The van der Waals surface area contributed by atoms with E-state index in [2.05, 4.69) is 18.3 Å². The molecule has 2 rings (SSSR count). The summed E-state index contributed by atoms with van der Waals surface area (Å²) in [6.45, 7) is 2.58. The van der Waals surface area contributed by atoms with Crippen LogP contribution in [0.25, 0.3) is 0 Å². The number of aromatic hydroxyl groups is 1. The van der Waals surface area contributed by atoms with E-state index < -0.39 is 0 Å². The molecule has 112 valence electrons. The molecule has 2 aromatic carbocycles. The molecule has 0 radical (unpaired) electrons. The van der Waals surface area contributed by atoms with Crippen molar-refractivity contribution in [2.45, 2.75) is 19.6 Å². The minimum atomic E-state index is 0.105. The van der Waals surface area contributed by atoms with Gasteiger partial charge in [0, 0.05) is 30.5 Å². The molecule has 1 unspecified atom stereocenters. The van der Waals surface area contributed by atoms with Crippen LogP contribution in [0.4, 0.5) is 5.69 Å². The standard InChI is InChI=1S/C17H21NO3/c1-12(18-15-5-4-6-16(19)10-15)13-7-8-17(21-3)14(9-13)11-20-2/h4-10,12,18-19H,11H2,1-3H3. The van der Waals surface area contributed by atoms with Crippen LogP contribution in [0.1, 0.15) is 24.1 Å². The third-order valence-corrected chi connectivity index (χ3v) is 3.33. The van der Waals surface area contributed by atoms with Crippen molar-refractivity contribution >= 4 is 5.69 Å². The van der Waals surface area contributed by atoms with E-state index in [0.717, 1.165) is 22.6 Å². The highest BCUT2D eigenvalue weighted by Crippen LogP contribution is 2.27. The molecule has 0 fully saturated rings. The van der Waals surface area contributed by atoms with E-state index in [4.69, 9.17) is 9.47 Å². The molecular weight excluding hydrogens is 266 g/mol. The number of phenols is 1. The van der Waals surface area contributed by atoms with Gasteiger partial charge in [0.05, 0.1) is 13.7 Å². The van der Waals surface area contributed by atoms with Gasteiger partial charge in [0.15, 0.2) is 0 Å². The summed E-state index contributed by atoms with van der Waals surface area (Å²) in [5.41, 5.74) is 3.03. The molecule has 0 saturated carbocycles. The summed E-state index contributed by atoms with van der Waals surface area (Å²) in [6.07, 6.45) is 0. The van der Waals surface area contributed by atoms with Crippen molar-refractivity contribution in [1.29, 1.82) is 0 Å². The predicted molar refractivity (Wildman–Crippen MR) is 83.9 cm³/mol. The van der Waals surface area contributed by atoms with E-state index in [0.29, 0.717) is 6.61 Å². The summed E-state index contributed by atoms with van der Waals surface area (Å²) in [6, 6.07) is 13.2. The van der Waals surface area contributed by atoms with E-state index in [1.54, 1.807) is 26.4 Å². The van der Waals surface area contributed by atoms with Gasteiger partial charge in [-0.15, -0.1) is 0 Å². The molecule has 0 aliphatic carbocycles. The van der Waals surface area contributed by atoms with Crippen molar-refractivity contribution in [3.05, 3.63) is 53.6 Å². The van der Waals surface area contributed by atoms with Crippen molar-refractivity contribution in [3.8, 4) is 11.5 Å². The zero-order valence-corrected chi connectivity index (χ0v) is 12.6. The normalized spacial score (nSPS) is 12.0. The van der Waals surface area contributed by atoms with Crippen LogP contribution < -0.4 is 10.1 Å².